The van der Waals surface area contributed by atoms with Crippen LogP contribution in [0, 0.1) is 11.8 Å². The van der Waals surface area contributed by atoms with E-state index < -0.39 is 0 Å². The van der Waals surface area contributed by atoms with Gasteiger partial charge in [-0.15, -0.1) is 0 Å². The molecule has 0 heterocycles. The van der Waals surface area contributed by atoms with Gasteiger partial charge in [-0.05, 0) is 31.4 Å². The number of hydrogen-bond acceptors (Lipinski definition) is 1. The second-order valence-corrected chi connectivity index (χ2v) is 3.72. The fourth-order valence-corrected chi connectivity index (χ4v) is 1.66. The minimum absolute atomic E-state index is 0.352. The van der Waals surface area contributed by atoms with Gasteiger partial charge in [-0.3, -0.25) is 0 Å². The number of benzene rings is 1. The Labute approximate surface area is 90.4 Å². The van der Waals surface area contributed by atoms with Crippen molar-refractivity contribution in [3.05, 3.63) is 47.5 Å². The van der Waals surface area contributed by atoms with E-state index in [1.807, 2.05) is 36.4 Å². The first-order chi connectivity index (χ1) is 7.36. The first-order valence-corrected chi connectivity index (χ1v) is 5.31. The van der Waals surface area contributed by atoms with Crippen molar-refractivity contribution in [3.8, 4) is 11.8 Å². The predicted molar refractivity (Wildman–Crippen MR) is 61.3 cm³/mol. The summed E-state index contributed by atoms with van der Waals surface area (Å²) in [7, 11) is 0. The Bertz CT molecular complexity index is 406. The topological polar surface area (TPSA) is 20.2 Å². The predicted octanol–water partition coefficient (Wildman–Crippen LogP) is 2.51. The van der Waals surface area contributed by atoms with Gasteiger partial charge in [0.05, 0.1) is 6.10 Å². The summed E-state index contributed by atoms with van der Waals surface area (Å²) in [5.74, 6) is 6.12. The molecule has 1 atom stereocenters. The van der Waals surface area contributed by atoms with Crippen LogP contribution in [0.1, 0.15) is 24.8 Å². The van der Waals surface area contributed by atoms with Gasteiger partial charge in [-0.2, -0.15) is 0 Å². The Balaban J connectivity index is 2.15. The summed E-state index contributed by atoms with van der Waals surface area (Å²) >= 11 is 0. The number of allylic oxidation sites excluding steroid dienone is 1. The largest absolute Gasteiger partial charge is 0.388 e. The van der Waals surface area contributed by atoms with Crippen molar-refractivity contribution in [1.82, 2.24) is 0 Å². The molecule has 1 aliphatic carbocycles. The molecular formula is C14H14O. The van der Waals surface area contributed by atoms with E-state index in [2.05, 4.69) is 11.8 Å². The van der Waals surface area contributed by atoms with Crippen molar-refractivity contribution in [1.29, 1.82) is 0 Å². The first-order valence-electron chi connectivity index (χ1n) is 5.31. The fraction of sp³-hybridized carbons (Fsp3) is 0.286. The summed E-state index contributed by atoms with van der Waals surface area (Å²) in [6.45, 7) is 0. The van der Waals surface area contributed by atoms with E-state index in [1.54, 1.807) is 0 Å². The molecule has 2 rings (SSSR count). The molecule has 0 aromatic heterocycles. The van der Waals surface area contributed by atoms with Crippen LogP contribution >= 0.6 is 0 Å². The fourth-order valence-electron chi connectivity index (χ4n) is 1.66. The van der Waals surface area contributed by atoms with Crippen molar-refractivity contribution >= 4 is 0 Å². The first kappa shape index (κ1) is 10.0. The molecule has 0 radical (unpaired) electrons. The lowest BCUT2D eigenvalue weighted by molar-refractivity contribution is 0.196. The molecule has 0 aliphatic heterocycles. The van der Waals surface area contributed by atoms with Crippen molar-refractivity contribution in [2.45, 2.75) is 25.4 Å². The highest BCUT2D eigenvalue weighted by Crippen LogP contribution is 2.17. The lowest BCUT2D eigenvalue weighted by Gasteiger charge is -2.14. The van der Waals surface area contributed by atoms with E-state index in [0.29, 0.717) is 0 Å². The molecular weight excluding hydrogens is 184 g/mol. The van der Waals surface area contributed by atoms with E-state index in [-0.39, 0.29) is 6.10 Å². The zero-order valence-electron chi connectivity index (χ0n) is 8.61. The average Bonchev–Trinajstić information content (AvgIpc) is 2.29. The van der Waals surface area contributed by atoms with Gasteiger partial charge in [0.15, 0.2) is 0 Å². The Morgan fingerprint density at radius 3 is 2.67 bits per heavy atom. The van der Waals surface area contributed by atoms with E-state index in [4.69, 9.17) is 0 Å². The van der Waals surface area contributed by atoms with Gasteiger partial charge in [-0.25, -0.2) is 0 Å². The number of aliphatic hydroxyl groups is 1. The maximum Gasteiger partial charge on any atom is 0.0864 e. The van der Waals surface area contributed by atoms with E-state index >= 15 is 0 Å². The second kappa shape index (κ2) is 4.82. The molecule has 0 saturated carbocycles. The quantitative estimate of drug-likeness (QED) is 0.635. The normalized spacial score (nSPS) is 20.1. The Morgan fingerprint density at radius 1 is 1.13 bits per heavy atom. The summed E-state index contributed by atoms with van der Waals surface area (Å²) in [5.41, 5.74) is 1.88. The zero-order chi connectivity index (χ0) is 10.5. The highest BCUT2D eigenvalue weighted by molar-refractivity contribution is 5.42. The van der Waals surface area contributed by atoms with Crippen LogP contribution in [0.5, 0.6) is 0 Å². The van der Waals surface area contributed by atoms with Gasteiger partial charge in [0, 0.05) is 11.1 Å². The monoisotopic (exact) mass is 198 g/mol. The summed E-state index contributed by atoms with van der Waals surface area (Å²) in [6, 6.07) is 9.86. The van der Waals surface area contributed by atoms with E-state index in [1.165, 1.54) is 0 Å². The zero-order valence-corrected chi connectivity index (χ0v) is 8.61. The number of rotatable bonds is 0. The van der Waals surface area contributed by atoms with E-state index in [9.17, 15) is 5.11 Å². The van der Waals surface area contributed by atoms with Gasteiger partial charge in [0.1, 0.15) is 0 Å². The molecule has 0 bridgehead atoms. The van der Waals surface area contributed by atoms with Crippen LogP contribution in [0.15, 0.2) is 42.0 Å². The third kappa shape index (κ3) is 2.71. The minimum atomic E-state index is -0.352. The van der Waals surface area contributed by atoms with Crippen LogP contribution in [-0.2, 0) is 0 Å². The van der Waals surface area contributed by atoms with Gasteiger partial charge >= 0.3 is 0 Å². The molecule has 0 amide bonds. The van der Waals surface area contributed by atoms with Crippen LogP contribution in [0.2, 0.25) is 0 Å². The highest BCUT2D eigenvalue weighted by Gasteiger charge is 2.11. The number of hydrogen-bond donors (Lipinski definition) is 1. The number of aliphatic hydroxyl groups excluding tert-OH is 1. The molecule has 1 nitrogen and oxygen atoms in total. The van der Waals surface area contributed by atoms with Crippen LogP contribution in [-0.4, -0.2) is 11.2 Å². The third-order valence-corrected chi connectivity index (χ3v) is 2.53. The average molecular weight is 198 g/mol. The van der Waals surface area contributed by atoms with Crippen molar-refractivity contribution in [3.63, 3.8) is 0 Å². The molecule has 0 saturated heterocycles. The molecule has 0 fully saturated rings. The standard InChI is InChI=1S/C14H14O/c15-14-9-5-4-8-13(14)11-10-12-6-2-1-3-7-12/h1-3,6-8,14-15H,4-5,9H2. The summed E-state index contributed by atoms with van der Waals surface area (Å²) in [6.07, 6.45) is 4.64. The molecule has 1 aliphatic rings. The third-order valence-electron chi connectivity index (χ3n) is 2.53. The molecule has 1 N–H and O–H groups in total. The molecule has 1 aromatic carbocycles. The smallest absolute Gasteiger partial charge is 0.0864 e. The molecule has 1 heteroatoms. The van der Waals surface area contributed by atoms with Crippen LogP contribution in [0.3, 0.4) is 0 Å². The lowest BCUT2D eigenvalue weighted by Crippen LogP contribution is -2.12. The van der Waals surface area contributed by atoms with Crippen molar-refractivity contribution in [2.24, 2.45) is 0 Å². The SMILES string of the molecule is OC1CCCC=C1C#Cc1ccccc1. The van der Waals surface area contributed by atoms with E-state index in [0.717, 1.165) is 30.4 Å². The Morgan fingerprint density at radius 2 is 1.93 bits per heavy atom. The maximum absolute atomic E-state index is 9.68. The second-order valence-electron chi connectivity index (χ2n) is 3.72. The highest BCUT2D eigenvalue weighted by atomic mass is 16.3. The van der Waals surface area contributed by atoms with Gasteiger partial charge < -0.3 is 5.11 Å². The van der Waals surface area contributed by atoms with Crippen LogP contribution < -0.4 is 0 Å². The van der Waals surface area contributed by atoms with Crippen molar-refractivity contribution < 1.29 is 5.11 Å². The summed E-state index contributed by atoms with van der Waals surface area (Å²) in [4.78, 5) is 0. The summed E-state index contributed by atoms with van der Waals surface area (Å²) < 4.78 is 0. The summed E-state index contributed by atoms with van der Waals surface area (Å²) in [5, 5.41) is 9.68. The van der Waals surface area contributed by atoms with Crippen LogP contribution in [0.4, 0.5) is 0 Å². The maximum atomic E-state index is 9.68. The van der Waals surface area contributed by atoms with Gasteiger partial charge in [0.2, 0.25) is 0 Å². The van der Waals surface area contributed by atoms with Gasteiger partial charge in [-0.1, -0.05) is 36.1 Å². The van der Waals surface area contributed by atoms with Crippen LogP contribution in [0.25, 0.3) is 0 Å². The Kier molecular flexibility index (Phi) is 3.22. The van der Waals surface area contributed by atoms with Crippen molar-refractivity contribution in [2.75, 3.05) is 0 Å². The molecule has 1 unspecified atom stereocenters. The molecule has 1 aromatic rings. The lowest BCUT2D eigenvalue weighted by atomic mass is 9.97. The molecule has 15 heavy (non-hydrogen) atoms. The van der Waals surface area contributed by atoms with Gasteiger partial charge in [0.25, 0.3) is 0 Å². The molecule has 0 spiro atoms. The Hall–Kier alpha value is -1.52. The minimum Gasteiger partial charge on any atom is -0.388 e. The molecule has 76 valence electrons.